The quantitative estimate of drug-likeness (QED) is 0.826. The Labute approximate surface area is 107 Å². The van der Waals surface area contributed by atoms with E-state index < -0.39 is 0 Å². The summed E-state index contributed by atoms with van der Waals surface area (Å²) in [5, 5.41) is 9.97. The van der Waals surface area contributed by atoms with Gasteiger partial charge < -0.3 is 4.57 Å². The molecule has 0 N–H and O–H groups in total. The number of hydrogen-bond donors (Lipinski definition) is 0. The van der Waals surface area contributed by atoms with Crippen LogP contribution in [0, 0.1) is 22.6 Å². The van der Waals surface area contributed by atoms with Crippen molar-refractivity contribution in [3.05, 3.63) is 34.7 Å². The van der Waals surface area contributed by atoms with E-state index in [0.29, 0.717) is 11.0 Å². The van der Waals surface area contributed by atoms with E-state index >= 15 is 0 Å². The normalized spacial score (nSPS) is 17.0. The Morgan fingerprint density at radius 1 is 1.47 bits per heavy atom. The molecule has 0 spiro atoms. The van der Waals surface area contributed by atoms with Gasteiger partial charge in [-0.2, -0.15) is 5.26 Å². The summed E-state index contributed by atoms with van der Waals surface area (Å²) in [5.41, 5.74) is 0.784. The summed E-state index contributed by atoms with van der Waals surface area (Å²) in [7, 11) is 0. The molecule has 1 heterocycles. The van der Waals surface area contributed by atoms with Crippen molar-refractivity contribution < 1.29 is 4.39 Å². The maximum atomic E-state index is 13.4. The fourth-order valence-electron chi connectivity index (χ4n) is 2.10. The summed E-state index contributed by atoms with van der Waals surface area (Å²) >= 11 is 3.19. The third kappa shape index (κ3) is 1.75. The molecule has 0 radical (unpaired) electrons. The highest BCUT2D eigenvalue weighted by Gasteiger charge is 2.43. The topological polar surface area (TPSA) is 28.7 Å². The van der Waals surface area contributed by atoms with E-state index in [9.17, 15) is 4.39 Å². The minimum absolute atomic E-state index is 0.188. The molecule has 0 atom stereocenters. The second-order valence-electron chi connectivity index (χ2n) is 4.66. The van der Waals surface area contributed by atoms with E-state index in [0.717, 1.165) is 23.7 Å². The lowest BCUT2D eigenvalue weighted by molar-refractivity contribution is 0.541. The first-order valence-corrected chi connectivity index (χ1v) is 6.28. The molecule has 1 aliphatic carbocycles. The van der Waals surface area contributed by atoms with Crippen molar-refractivity contribution in [3.8, 4) is 6.07 Å². The molecule has 1 saturated carbocycles. The molecule has 0 bridgehead atoms. The molecule has 0 aliphatic heterocycles. The van der Waals surface area contributed by atoms with Gasteiger partial charge in [0.2, 0.25) is 0 Å². The Morgan fingerprint density at radius 3 is 2.88 bits per heavy atom. The van der Waals surface area contributed by atoms with E-state index in [1.165, 1.54) is 6.07 Å². The Bertz CT molecular complexity index is 635. The number of hydrogen-bond acceptors (Lipinski definition) is 1. The van der Waals surface area contributed by atoms with Gasteiger partial charge >= 0.3 is 0 Å². The van der Waals surface area contributed by atoms with Crippen molar-refractivity contribution in [2.75, 3.05) is 0 Å². The Kier molecular flexibility index (Phi) is 2.27. The molecule has 17 heavy (non-hydrogen) atoms. The number of rotatable bonds is 2. The molecule has 3 rings (SSSR count). The van der Waals surface area contributed by atoms with Gasteiger partial charge in [-0.25, -0.2) is 4.39 Å². The Morgan fingerprint density at radius 2 is 2.24 bits per heavy atom. The molecule has 86 valence electrons. The molecule has 2 aromatic rings. The van der Waals surface area contributed by atoms with E-state index in [2.05, 4.69) is 22.0 Å². The van der Waals surface area contributed by atoms with Gasteiger partial charge in [0.15, 0.2) is 0 Å². The molecule has 1 aromatic carbocycles. The lowest BCUT2D eigenvalue weighted by Gasteiger charge is -2.09. The maximum Gasteiger partial charge on any atom is 0.138 e. The zero-order valence-corrected chi connectivity index (χ0v) is 10.7. The number of fused-ring (bicyclic) bond motifs is 1. The average Bonchev–Trinajstić information content (AvgIpc) is 3.00. The lowest BCUT2D eigenvalue weighted by Crippen LogP contribution is -2.08. The van der Waals surface area contributed by atoms with Gasteiger partial charge in [0, 0.05) is 23.6 Å². The summed E-state index contributed by atoms with van der Waals surface area (Å²) in [4.78, 5) is 0. The molecule has 1 aliphatic rings. The molecule has 4 heteroatoms. The van der Waals surface area contributed by atoms with Gasteiger partial charge in [-0.1, -0.05) is 0 Å². The van der Waals surface area contributed by atoms with Gasteiger partial charge in [0.05, 0.1) is 16.0 Å². The SMILES string of the molecule is N#CC1(Cn2ccc3cc(F)c(Br)cc32)CC1. The summed E-state index contributed by atoms with van der Waals surface area (Å²) < 4.78 is 15.9. The minimum atomic E-state index is -0.253. The first-order valence-electron chi connectivity index (χ1n) is 5.49. The van der Waals surface area contributed by atoms with E-state index in [-0.39, 0.29) is 11.2 Å². The van der Waals surface area contributed by atoms with E-state index in [1.54, 1.807) is 6.07 Å². The van der Waals surface area contributed by atoms with Gasteiger partial charge in [0.1, 0.15) is 5.82 Å². The van der Waals surface area contributed by atoms with Gasteiger partial charge in [0.25, 0.3) is 0 Å². The first kappa shape index (κ1) is 10.8. The Hall–Kier alpha value is -1.34. The zero-order valence-electron chi connectivity index (χ0n) is 9.08. The zero-order chi connectivity index (χ0) is 12.0. The first-order chi connectivity index (χ1) is 8.13. The summed E-state index contributed by atoms with van der Waals surface area (Å²) in [6.07, 6.45) is 3.85. The molecule has 0 unspecified atom stereocenters. The lowest BCUT2D eigenvalue weighted by atomic mass is 10.1. The van der Waals surface area contributed by atoms with Crippen molar-refractivity contribution in [2.45, 2.75) is 19.4 Å². The minimum Gasteiger partial charge on any atom is -0.346 e. The predicted molar refractivity (Wildman–Crippen MR) is 66.9 cm³/mol. The van der Waals surface area contributed by atoms with Crippen LogP contribution in [-0.2, 0) is 6.54 Å². The molecule has 0 saturated heterocycles. The van der Waals surface area contributed by atoms with Crippen molar-refractivity contribution in [2.24, 2.45) is 5.41 Å². The van der Waals surface area contributed by atoms with E-state index in [4.69, 9.17) is 5.26 Å². The maximum absolute atomic E-state index is 13.4. The summed E-state index contributed by atoms with van der Waals surface area (Å²) in [6, 6.07) is 7.55. The largest absolute Gasteiger partial charge is 0.346 e. The Balaban J connectivity index is 2.06. The van der Waals surface area contributed by atoms with Crippen LogP contribution >= 0.6 is 15.9 Å². The molecule has 1 aromatic heterocycles. The van der Waals surface area contributed by atoms with Gasteiger partial charge in [-0.3, -0.25) is 0 Å². The van der Waals surface area contributed by atoms with Crippen molar-refractivity contribution in [1.29, 1.82) is 5.26 Å². The highest BCUT2D eigenvalue weighted by atomic mass is 79.9. The number of halogens is 2. The third-order valence-corrected chi connectivity index (χ3v) is 3.98. The molecule has 0 amide bonds. The number of aromatic nitrogens is 1. The third-order valence-electron chi connectivity index (χ3n) is 3.38. The van der Waals surface area contributed by atoms with Crippen molar-refractivity contribution in [3.63, 3.8) is 0 Å². The predicted octanol–water partition coefficient (Wildman–Crippen LogP) is 3.85. The number of nitrogens with zero attached hydrogens (tertiary/aromatic N) is 2. The van der Waals surface area contributed by atoms with Crippen molar-refractivity contribution in [1.82, 2.24) is 4.57 Å². The average molecular weight is 293 g/mol. The fraction of sp³-hybridized carbons (Fsp3) is 0.308. The van der Waals surface area contributed by atoms with Crippen LogP contribution in [0.3, 0.4) is 0 Å². The molecule has 1 fully saturated rings. The highest BCUT2D eigenvalue weighted by Crippen LogP contribution is 2.46. The van der Waals surface area contributed by atoms with Crippen molar-refractivity contribution >= 4 is 26.8 Å². The second kappa shape index (κ2) is 3.58. The number of benzene rings is 1. The van der Waals surface area contributed by atoms with Gasteiger partial charge in [-0.15, -0.1) is 0 Å². The van der Waals surface area contributed by atoms with Crippen LogP contribution in [0.1, 0.15) is 12.8 Å². The standard InChI is InChI=1S/C13H10BrFN2/c14-10-6-12-9(5-11(10)15)1-4-17(12)8-13(7-16)2-3-13/h1,4-6H,2-3,8H2. The summed E-state index contributed by atoms with van der Waals surface area (Å²) in [6.45, 7) is 0.699. The molecular formula is C13H10BrFN2. The molecule has 2 nitrogen and oxygen atoms in total. The smallest absolute Gasteiger partial charge is 0.138 e. The van der Waals surface area contributed by atoms with Crippen LogP contribution in [0.2, 0.25) is 0 Å². The van der Waals surface area contributed by atoms with Crippen LogP contribution in [0.4, 0.5) is 4.39 Å². The van der Waals surface area contributed by atoms with Crippen LogP contribution in [0.5, 0.6) is 0 Å². The van der Waals surface area contributed by atoms with Crippen LogP contribution in [-0.4, -0.2) is 4.57 Å². The number of nitriles is 1. The summed E-state index contributed by atoms with van der Waals surface area (Å²) in [5.74, 6) is -0.253. The monoisotopic (exact) mass is 292 g/mol. The van der Waals surface area contributed by atoms with Crippen LogP contribution in [0.25, 0.3) is 10.9 Å². The second-order valence-corrected chi connectivity index (χ2v) is 5.52. The highest BCUT2D eigenvalue weighted by molar-refractivity contribution is 9.10. The van der Waals surface area contributed by atoms with Gasteiger partial charge in [-0.05, 0) is 47.0 Å². The van der Waals surface area contributed by atoms with E-state index in [1.807, 2.05) is 16.8 Å². The van der Waals surface area contributed by atoms with Crippen LogP contribution < -0.4 is 0 Å². The molecular weight excluding hydrogens is 283 g/mol. The van der Waals surface area contributed by atoms with Crippen LogP contribution in [0.15, 0.2) is 28.9 Å². The fourth-order valence-corrected chi connectivity index (χ4v) is 2.44.